The summed E-state index contributed by atoms with van der Waals surface area (Å²) in [5.41, 5.74) is -0.0326. The van der Waals surface area contributed by atoms with Gasteiger partial charge in [0.15, 0.2) is 5.49 Å². The van der Waals surface area contributed by atoms with Crippen LogP contribution in [0.3, 0.4) is 0 Å². The van der Waals surface area contributed by atoms with Gasteiger partial charge >= 0.3 is 6.18 Å². The molecule has 2 aromatic rings. The number of carbonyl (C=O) groups excluding carboxylic acids is 1. The molecular formula is C25H33F3N4O3. The van der Waals surface area contributed by atoms with Crippen molar-refractivity contribution in [2.45, 2.75) is 70.3 Å². The molecule has 0 bridgehead atoms. The maximum absolute atomic E-state index is 13.4. The van der Waals surface area contributed by atoms with Gasteiger partial charge in [-0.3, -0.25) is 14.2 Å². The van der Waals surface area contributed by atoms with Crippen LogP contribution in [-0.2, 0) is 29.9 Å². The molecule has 2 atom stereocenters. The van der Waals surface area contributed by atoms with Crippen LogP contribution < -0.4 is 15.5 Å². The van der Waals surface area contributed by atoms with Crippen LogP contribution in [0.5, 0.6) is 5.75 Å². The summed E-state index contributed by atoms with van der Waals surface area (Å²) in [6.07, 6.45) is -1.81. The lowest BCUT2D eigenvalue weighted by molar-refractivity contribution is -0.137. The van der Waals surface area contributed by atoms with E-state index in [4.69, 9.17) is 9.47 Å². The number of amides is 1. The van der Waals surface area contributed by atoms with E-state index in [2.05, 4.69) is 31.1 Å². The van der Waals surface area contributed by atoms with Crippen molar-refractivity contribution in [1.29, 1.82) is 0 Å². The molecule has 192 valence electrons. The molecule has 0 saturated carbocycles. The number of alkyl halides is 3. The fraction of sp³-hybridized carbons (Fsp3) is 0.600. The van der Waals surface area contributed by atoms with Gasteiger partial charge < -0.3 is 14.8 Å². The van der Waals surface area contributed by atoms with E-state index in [1.54, 1.807) is 0 Å². The molecule has 1 amide bonds. The quantitative estimate of drug-likeness (QED) is 0.663. The second-order valence-electron chi connectivity index (χ2n) is 10.3. The molecule has 3 heterocycles. The molecule has 10 heteroatoms. The van der Waals surface area contributed by atoms with Crippen LogP contribution in [-0.4, -0.2) is 47.2 Å². The van der Waals surface area contributed by atoms with Crippen LogP contribution in [0.15, 0.2) is 29.3 Å². The third-order valence-electron chi connectivity index (χ3n) is 6.53. The lowest BCUT2D eigenvalue weighted by atomic mass is 9.92. The van der Waals surface area contributed by atoms with Crippen LogP contribution in [0, 0.1) is 0 Å². The van der Waals surface area contributed by atoms with Crippen LogP contribution >= 0.6 is 0 Å². The Labute approximate surface area is 202 Å². The minimum absolute atomic E-state index is 0.00658. The first-order valence-electron chi connectivity index (χ1n) is 12.0. The molecule has 7 nitrogen and oxygen atoms in total. The lowest BCUT2D eigenvalue weighted by Crippen LogP contribution is -2.46. The van der Waals surface area contributed by atoms with E-state index in [1.165, 1.54) is 6.07 Å². The average Bonchev–Trinajstić information content (AvgIpc) is 3.35. The van der Waals surface area contributed by atoms with Crippen molar-refractivity contribution in [2.75, 3.05) is 19.8 Å². The van der Waals surface area contributed by atoms with Gasteiger partial charge in [-0.05, 0) is 44.0 Å². The Morgan fingerprint density at radius 2 is 1.97 bits per heavy atom. The van der Waals surface area contributed by atoms with Crippen LogP contribution in [0.25, 0.3) is 0 Å². The molecule has 0 aliphatic carbocycles. The van der Waals surface area contributed by atoms with E-state index in [9.17, 15) is 18.0 Å². The highest BCUT2D eigenvalue weighted by Gasteiger charge is 2.32. The molecule has 2 aliphatic rings. The number of nitrogens with zero attached hydrogens (tertiary/aromatic N) is 3. The van der Waals surface area contributed by atoms with Crippen molar-refractivity contribution in [3.05, 3.63) is 46.6 Å². The van der Waals surface area contributed by atoms with E-state index >= 15 is 0 Å². The number of nitrogens with one attached hydrogen (secondary N) is 1. The van der Waals surface area contributed by atoms with Crippen molar-refractivity contribution in [3.8, 4) is 5.75 Å². The zero-order valence-electron chi connectivity index (χ0n) is 20.6. The van der Waals surface area contributed by atoms with E-state index in [1.807, 2.05) is 22.5 Å². The van der Waals surface area contributed by atoms with Crippen LogP contribution in [0.2, 0.25) is 0 Å². The highest BCUT2D eigenvalue weighted by molar-refractivity contribution is 5.97. The van der Waals surface area contributed by atoms with Gasteiger partial charge in [0.25, 0.3) is 5.91 Å². The van der Waals surface area contributed by atoms with E-state index in [0.29, 0.717) is 18.6 Å². The van der Waals surface area contributed by atoms with Gasteiger partial charge in [0.05, 0.1) is 23.8 Å². The van der Waals surface area contributed by atoms with Gasteiger partial charge in [0.2, 0.25) is 0 Å². The number of halogens is 3. The number of aromatic nitrogens is 2. The van der Waals surface area contributed by atoms with Gasteiger partial charge in [0, 0.05) is 36.9 Å². The number of carbonyl (C=O) groups is 1. The van der Waals surface area contributed by atoms with Gasteiger partial charge in [-0.1, -0.05) is 20.8 Å². The molecule has 1 aromatic carbocycles. The Morgan fingerprint density at radius 3 is 2.54 bits per heavy atom. The summed E-state index contributed by atoms with van der Waals surface area (Å²) >= 11 is 0. The molecule has 2 saturated heterocycles. The molecule has 0 spiro atoms. The Kier molecular flexibility index (Phi) is 7.15. The molecule has 4 rings (SSSR count). The topological polar surface area (TPSA) is 69.8 Å². The minimum atomic E-state index is -4.59. The summed E-state index contributed by atoms with van der Waals surface area (Å²) < 4.78 is 55.6. The van der Waals surface area contributed by atoms with Gasteiger partial charge in [0.1, 0.15) is 12.4 Å². The summed E-state index contributed by atoms with van der Waals surface area (Å²) in [5.74, 6) is -0.682. The fourth-order valence-electron chi connectivity index (χ4n) is 4.41. The standard InChI is InChI=1S/C25H33F3N4O3/c1-24(2,3)21-13-22(32(31(21)4)14-18-6-5-11-34-18)30-23(33)19-12-16(25(26,27)28)7-8-20(19)35-15-17-9-10-29-17/h7-8,12-13,17-18,29H,5-6,9-11,14-15H2,1-4H3/t17-,18+/m0/s1. The lowest BCUT2D eigenvalue weighted by Gasteiger charge is -2.27. The fourth-order valence-corrected chi connectivity index (χ4v) is 4.41. The molecule has 2 aliphatic heterocycles. The third-order valence-corrected chi connectivity index (χ3v) is 6.53. The average molecular weight is 495 g/mol. The Morgan fingerprint density at radius 1 is 1.23 bits per heavy atom. The largest absolute Gasteiger partial charge is 0.491 e. The maximum atomic E-state index is 13.4. The summed E-state index contributed by atoms with van der Waals surface area (Å²) in [7, 11) is 1.89. The maximum Gasteiger partial charge on any atom is 0.416 e. The molecular weight excluding hydrogens is 461 g/mol. The van der Waals surface area contributed by atoms with Crippen molar-refractivity contribution in [2.24, 2.45) is 12.0 Å². The van der Waals surface area contributed by atoms with Gasteiger partial charge in [-0.2, -0.15) is 18.2 Å². The van der Waals surface area contributed by atoms with E-state index in [0.717, 1.165) is 43.6 Å². The molecule has 0 radical (unpaired) electrons. The van der Waals surface area contributed by atoms with Gasteiger partial charge in [-0.15, -0.1) is 0 Å². The Balaban J connectivity index is 1.74. The second kappa shape index (κ2) is 9.81. The minimum Gasteiger partial charge on any atom is -0.491 e. The molecule has 0 unspecified atom stereocenters. The summed E-state index contributed by atoms with van der Waals surface area (Å²) in [4.78, 5) is 17.6. The monoisotopic (exact) mass is 494 g/mol. The first kappa shape index (κ1) is 25.5. The number of ether oxygens (including phenoxy) is 2. The summed E-state index contributed by atoms with van der Waals surface area (Å²) in [6, 6.07) is 4.90. The predicted octanol–water partition coefficient (Wildman–Crippen LogP) is 3.80. The highest BCUT2D eigenvalue weighted by Crippen LogP contribution is 2.33. The van der Waals surface area contributed by atoms with Crippen molar-refractivity contribution in [1.82, 2.24) is 14.7 Å². The van der Waals surface area contributed by atoms with Crippen LogP contribution in [0.1, 0.15) is 61.6 Å². The number of hydrogen-bond acceptors (Lipinski definition) is 4. The summed E-state index contributed by atoms with van der Waals surface area (Å²) in [5, 5.41) is 3.17. The number of hydrogen-bond donors (Lipinski definition) is 1. The zero-order valence-corrected chi connectivity index (χ0v) is 20.6. The second-order valence-corrected chi connectivity index (χ2v) is 10.3. The van der Waals surface area contributed by atoms with Gasteiger partial charge in [-0.25, -0.2) is 0 Å². The molecule has 2 fully saturated rings. The molecule has 1 aromatic heterocycles. The van der Waals surface area contributed by atoms with Crippen molar-refractivity contribution >= 4 is 5.91 Å². The first-order valence-corrected chi connectivity index (χ1v) is 12.0. The SMILES string of the molecule is Cn1c(C(C)(C)C)cc(=NC(=O)c2cc(C(F)(F)F)ccc2OC[C@@H]2CCN2)n1C[C@H]1CCCO1. The highest BCUT2D eigenvalue weighted by atomic mass is 19.4. The van der Waals surface area contributed by atoms with E-state index < -0.39 is 17.6 Å². The predicted molar refractivity (Wildman–Crippen MR) is 124 cm³/mol. The molecule has 1 N–H and O–H groups in total. The zero-order chi connectivity index (χ0) is 25.4. The smallest absolute Gasteiger partial charge is 0.416 e. The first-order chi connectivity index (χ1) is 16.4. The number of benzene rings is 1. The summed E-state index contributed by atoms with van der Waals surface area (Å²) in [6.45, 7) is 8.49. The van der Waals surface area contributed by atoms with Crippen LogP contribution in [0.4, 0.5) is 13.2 Å². The third kappa shape index (κ3) is 5.81. The molecule has 35 heavy (non-hydrogen) atoms. The normalized spacial score (nSPS) is 21.3. The van der Waals surface area contributed by atoms with E-state index in [-0.39, 0.29) is 35.5 Å². The number of rotatable bonds is 6. The van der Waals surface area contributed by atoms with Crippen molar-refractivity contribution in [3.63, 3.8) is 0 Å². The Hall–Kier alpha value is -2.59. The van der Waals surface area contributed by atoms with Crippen molar-refractivity contribution < 1.29 is 27.4 Å². The Bertz CT molecular complexity index is 1130.